The minimum Gasteiger partial charge on any atom is -0.0845 e. The van der Waals surface area contributed by atoms with Crippen molar-refractivity contribution in [1.29, 1.82) is 0 Å². The molecule has 0 spiro atoms. The maximum absolute atomic E-state index is 2.38. The third-order valence-electron chi connectivity index (χ3n) is 3.25. The standard InChI is InChI=1S/C10H18/c1-6-7-8-9(2,3)10(8,4)5/h7H,6H2,1-5H3. The van der Waals surface area contributed by atoms with Crippen LogP contribution in [0.15, 0.2) is 11.6 Å². The summed E-state index contributed by atoms with van der Waals surface area (Å²) in [5, 5.41) is 0. The first kappa shape index (κ1) is 7.84. The minimum atomic E-state index is 0.475. The Balaban J connectivity index is 2.81. The molecule has 1 rings (SSSR count). The van der Waals surface area contributed by atoms with Crippen LogP contribution < -0.4 is 0 Å². The summed E-state index contributed by atoms with van der Waals surface area (Å²) in [7, 11) is 0. The first-order valence-corrected chi connectivity index (χ1v) is 4.15. The van der Waals surface area contributed by atoms with E-state index in [1.54, 1.807) is 5.57 Å². The summed E-state index contributed by atoms with van der Waals surface area (Å²) in [5.74, 6) is 0. The van der Waals surface area contributed by atoms with E-state index in [4.69, 9.17) is 0 Å². The van der Waals surface area contributed by atoms with Gasteiger partial charge in [0.25, 0.3) is 0 Å². The first-order valence-electron chi connectivity index (χ1n) is 4.15. The molecule has 0 radical (unpaired) electrons. The quantitative estimate of drug-likeness (QED) is 0.487. The van der Waals surface area contributed by atoms with E-state index in [0.29, 0.717) is 10.8 Å². The molecule has 0 heterocycles. The zero-order chi connectivity index (χ0) is 7.99. The highest BCUT2D eigenvalue weighted by Crippen LogP contribution is 2.67. The van der Waals surface area contributed by atoms with Gasteiger partial charge in [0.2, 0.25) is 0 Å². The van der Waals surface area contributed by atoms with E-state index >= 15 is 0 Å². The molecule has 1 saturated carbocycles. The Morgan fingerprint density at radius 3 is 1.60 bits per heavy atom. The molecule has 0 bridgehead atoms. The Labute approximate surface area is 64.3 Å². The Kier molecular flexibility index (Phi) is 1.47. The van der Waals surface area contributed by atoms with Crippen LogP contribution in [0.1, 0.15) is 41.0 Å². The molecule has 10 heavy (non-hydrogen) atoms. The van der Waals surface area contributed by atoms with Crippen LogP contribution in [0.25, 0.3) is 0 Å². The third-order valence-corrected chi connectivity index (χ3v) is 3.25. The molecule has 0 aromatic heterocycles. The van der Waals surface area contributed by atoms with Crippen molar-refractivity contribution < 1.29 is 0 Å². The summed E-state index contributed by atoms with van der Waals surface area (Å²) in [4.78, 5) is 0. The first-order chi connectivity index (χ1) is 4.44. The van der Waals surface area contributed by atoms with Crippen molar-refractivity contribution in [1.82, 2.24) is 0 Å². The molecule has 0 atom stereocenters. The van der Waals surface area contributed by atoms with E-state index in [1.165, 1.54) is 6.42 Å². The van der Waals surface area contributed by atoms with Gasteiger partial charge >= 0.3 is 0 Å². The van der Waals surface area contributed by atoms with E-state index in [1.807, 2.05) is 0 Å². The van der Waals surface area contributed by atoms with Crippen LogP contribution in [0.2, 0.25) is 0 Å². The largest absolute Gasteiger partial charge is 0.0845 e. The van der Waals surface area contributed by atoms with Crippen LogP contribution in [0.4, 0.5) is 0 Å². The fourth-order valence-electron chi connectivity index (χ4n) is 1.79. The molecule has 1 fully saturated rings. The second-order valence-corrected chi connectivity index (χ2v) is 4.28. The fraction of sp³-hybridized carbons (Fsp3) is 0.800. The molecule has 0 nitrogen and oxygen atoms in total. The maximum atomic E-state index is 2.38. The molecule has 0 saturated heterocycles. The smallest absolute Gasteiger partial charge is 0.00505 e. The summed E-state index contributed by atoms with van der Waals surface area (Å²) in [6.07, 6.45) is 3.56. The molecule has 58 valence electrons. The van der Waals surface area contributed by atoms with E-state index in [-0.39, 0.29) is 0 Å². The van der Waals surface area contributed by atoms with Gasteiger partial charge in [0.05, 0.1) is 0 Å². The summed E-state index contributed by atoms with van der Waals surface area (Å²) in [6, 6.07) is 0. The third kappa shape index (κ3) is 0.744. The lowest BCUT2D eigenvalue weighted by Crippen LogP contribution is -1.95. The Bertz CT molecular complexity index is 154. The van der Waals surface area contributed by atoms with Gasteiger partial charge in [-0.25, -0.2) is 0 Å². The summed E-state index contributed by atoms with van der Waals surface area (Å²) >= 11 is 0. The molecular weight excluding hydrogens is 120 g/mol. The molecule has 0 heteroatoms. The summed E-state index contributed by atoms with van der Waals surface area (Å²) < 4.78 is 0. The van der Waals surface area contributed by atoms with Crippen LogP contribution in [0.3, 0.4) is 0 Å². The van der Waals surface area contributed by atoms with E-state index in [9.17, 15) is 0 Å². The topological polar surface area (TPSA) is 0 Å². The molecule has 0 aliphatic heterocycles. The lowest BCUT2D eigenvalue weighted by atomic mass is 10.0. The lowest BCUT2D eigenvalue weighted by molar-refractivity contribution is 0.457. The van der Waals surface area contributed by atoms with Gasteiger partial charge in [-0.3, -0.25) is 0 Å². The summed E-state index contributed by atoms with van der Waals surface area (Å²) in [6.45, 7) is 11.5. The predicted molar refractivity (Wildman–Crippen MR) is 45.9 cm³/mol. The number of allylic oxidation sites excluding steroid dienone is 2. The number of hydrogen-bond acceptors (Lipinski definition) is 0. The predicted octanol–water partition coefficient (Wildman–Crippen LogP) is 3.39. The molecule has 0 amide bonds. The average molecular weight is 138 g/mol. The van der Waals surface area contributed by atoms with Crippen molar-refractivity contribution in [3.8, 4) is 0 Å². The van der Waals surface area contributed by atoms with Crippen LogP contribution in [0.5, 0.6) is 0 Å². The highest BCUT2D eigenvalue weighted by molar-refractivity contribution is 5.41. The minimum absolute atomic E-state index is 0.475. The molecule has 1 aliphatic carbocycles. The SMILES string of the molecule is CCC=C1C(C)(C)C1(C)C. The van der Waals surface area contributed by atoms with Gasteiger partial charge in [0.15, 0.2) is 0 Å². The molecule has 0 unspecified atom stereocenters. The van der Waals surface area contributed by atoms with Crippen molar-refractivity contribution in [3.05, 3.63) is 11.6 Å². The van der Waals surface area contributed by atoms with Crippen molar-refractivity contribution in [2.75, 3.05) is 0 Å². The van der Waals surface area contributed by atoms with Gasteiger partial charge < -0.3 is 0 Å². The van der Waals surface area contributed by atoms with Crippen LogP contribution >= 0.6 is 0 Å². The number of hydrogen-bond donors (Lipinski definition) is 0. The van der Waals surface area contributed by atoms with Crippen LogP contribution in [-0.4, -0.2) is 0 Å². The Morgan fingerprint density at radius 2 is 1.50 bits per heavy atom. The highest BCUT2D eigenvalue weighted by atomic mass is 14.6. The van der Waals surface area contributed by atoms with Gasteiger partial charge in [-0.15, -0.1) is 0 Å². The molecule has 0 aromatic carbocycles. The van der Waals surface area contributed by atoms with Crippen LogP contribution in [-0.2, 0) is 0 Å². The second kappa shape index (κ2) is 1.87. The Morgan fingerprint density at radius 1 is 1.10 bits per heavy atom. The molecular formula is C10H18. The van der Waals surface area contributed by atoms with Crippen molar-refractivity contribution in [3.63, 3.8) is 0 Å². The van der Waals surface area contributed by atoms with Gasteiger partial charge in [0.1, 0.15) is 0 Å². The van der Waals surface area contributed by atoms with E-state index in [0.717, 1.165) is 0 Å². The zero-order valence-electron chi connectivity index (χ0n) is 7.78. The fourth-order valence-corrected chi connectivity index (χ4v) is 1.79. The Hall–Kier alpha value is -0.260. The molecule has 0 aromatic rings. The van der Waals surface area contributed by atoms with Gasteiger partial charge in [-0.1, -0.05) is 46.3 Å². The highest BCUT2D eigenvalue weighted by Gasteiger charge is 2.58. The van der Waals surface area contributed by atoms with Gasteiger partial charge in [-0.2, -0.15) is 0 Å². The van der Waals surface area contributed by atoms with Crippen molar-refractivity contribution >= 4 is 0 Å². The van der Waals surface area contributed by atoms with Gasteiger partial charge in [-0.05, 0) is 17.3 Å². The van der Waals surface area contributed by atoms with Crippen molar-refractivity contribution in [2.24, 2.45) is 10.8 Å². The monoisotopic (exact) mass is 138 g/mol. The lowest BCUT2D eigenvalue weighted by Gasteiger charge is -2.02. The normalized spacial score (nSPS) is 26.3. The second-order valence-electron chi connectivity index (χ2n) is 4.28. The maximum Gasteiger partial charge on any atom is -0.00505 e. The van der Waals surface area contributed by atoms with Gasteiger partial charge in [0, 0.05) is 0 Å². The molecule has 1 aliphatic rings. The number of rotatable bonds is 1. The summed E-state index contributed by atoms with van der Waals surface area (Å²) in [5.41, 5.74) is 2.59. The molecule has 0 N–H and O–H groups in total. The zero-order valence-corrected chi connectivity index (χ0v) is 7.78. The van der Waals surface area contributed by atoms with Crippen molar-refractivity contribution in [2.45, 2.75) is 41.0 Å². The van der Waals surface area contributed by atoms with Crippen LogP contribution in [0, 0.1) is 10.8 Å². The van der Waals surface area contributed by atoms with E-state index < -0.39 is 0 Å². The average Bonchev–Trinajstić information content (AvgIpc) is 2.13. The van der Waals surface area contributed by atoms with E-state index in [2.05, 4.69) is 40.7 Å².